The Bertz CT molecular complexity index is 729. The molecular weight excluding hydrogens is 368 g/mol. The first-order valence-electron chi connectivity index (χ1n) is 9.36. The highest BCUT2D eigenvalue weighted by Crippen LogP contribution is 2.29. The average Bonchev–Trinajstić information content (AvgIpc) is 2.68. The second-order valence-corrected chi connectivity index (χ2v) is 8.42. The van der Waals surface area contributed by atoms with Crippen LogP contribution >= 0.6 is 0 Å². The minimum atomic E-state index is -3.61. The summed E-state index contributed by atoms with van der Waals surface area (Å²) in [6.45, 7) is 6.86. The minimum absolute atomic E-state index is 0.126. The van der Waals surface area contributed by atoms with Crippen LogP contribution in [0.1, 0.15) is 26.7 Å². The summed E-state index contributed by atoms with van der Waals surface area (Å²) < 4.78 is 32.1. The molecule has 2 rings (SSSR count). The van der Waals surface area contributed by atoms with E-state index in [9.17, 15) is 13.2 Å². The minimum Gasteiger partial charge on any atom is -0.495 e. The van der Waals surface area contributed by atoms with Crippen LogP contribution in [0.3, 0.4) is 0 Å². The summed E-state index contributed by atoms with van der Waals surface area (Å²) >= 11 is 0. The van der Waals surface area contributed by atoms with Gasteiger partial charge in [0.2, 0.25) is 10.0 Å². The summed E-state index contributed by atoms with van der Waals surface area (Å²) in [7, 11) is -2.14. The zero-order valence-corrected chi connectivity index (χ0v) is 17.1. The van der Waals surface area contributed by atoms with E-state index in [1.807, 2.05) is 0 Å². The quantitative estimate of drug-likeness (QED) is 0.621. The molecule has 8 nitrogen and oxygen atoms in total. The molecule has 1 aromatic carbocycles. The van der Waals surface area contributed by atoms with Crippen LogP contribution in [0.15, 0.2) is 23.1 Å². The Hall–Kier alpha value is -1.84. The molecule has 0 aliphatic carbocycles. The van der Waals surface area contributed by atoms with Gasteiger partial charge in [-0.25, -0.2) is 13.2 Å². The fourth-order valence-corrected chi connectivity index (χ4v) is 4.63. The highest BCUT2D eigenvalue weighted by molar-refractivity contribution is 7.89. The number of rotatable bonds is 8. The van der Waals surface area contributed by atoms with Crippen LogP contribution in [-0.4, -0.2) is 58.6 Å². The number of sulfonamides is 1. The van der Waals surface area contributed by atoms with Crippen molar-refractivity contribution in [2.75, 3.05) is 45.2 Å². The van der Waals surface area contributed by atoms with Gasteiger partial charge in [-0.1, -0.05) is 13.8 Å². The number of anilines is 1. The van der Waals surface area contributed by atoms with E-state index in [2.05, 4.69) is 16.0 Å². The zero-order chi connectivity index (χ0) is 19.9. The average molecular weight is 399 g/mol. The highest BCUT2D eigenvalue weighted by Gasteiger charge is 2.23. The number of ether oxygens (including phenoxy) is 1. The molecule has 152 valence electrons. The van der Waals surface area contributed by atoms with Gasteiger partial charge < -0.3 is 20.7 Å². The van der Waals surface area contributed by atoms with Gasteiger partial charge in [-0.15, -0.1) is 0 Å². The van der Waals surface area contributed by atoms with Gasteiger partial charge in [-0.05, 0) is 50.0 Å². The molecule has 0 spiro atoms. The lowest BCUT2D eigenvalue weighted by atomic mass is 9.98. The van der Waals surface area contributed by atoms with Gasteiger partial charge in [-0.2, -0.15) is 4.31 Å². The number of benzene rings is 1. The fraction of sp³-hybridized carbons (Fsp3) is 0.611. The molecule has 1 heterocycles. The van der Waals surface area contributed by atoms with E-state index in [4.69, 9.17) is 4.74 Å². The van der Waals surface area contributed by atoms with E-state index in [-0.39, 0.29) is 10.9 Å². The zero-order valence-electron chi connectivity index (χ0n) is 16.2. The maximum atomic E-state index is 12.7. The molecule has 1 aliphatic heterocycles. The number of nitrogens with one attached hydrogen (secondary N) is 3. The number of carbonyl (C=O) groups is 1. The van der Waals surface area contributed by atoms with Crippen molar-refractivity contribution >= 4 is 21.7 Å². The first-order valence-corrected chi connectivity index (χ1v) is 10.8. The van der Waals surface area contributed by atoms with Gasteiger partial charge in [0.1, 0.15) is 5.75 Å². The van der Waals surface area contributed by atoms with Gasteiger partial charge in [-0.3, -0.25) is 0 Å². The number of amides is 2. The molecule has 1 saturated heterocycles. The summed E-state index contributed by atoms with van der Waals surface area (Å²) in [5, 5.41) is 8.87. The lowest BCUT2D eigenvalue weighted by Gasteiger charge is -2.23. The van der Waals surface area contributed by atoms with Crippen LogP contribution < -0.4 is 20.7 Å². The van der Waals surface area contributed by atoms with Gasteiger partial charge in [0, 0.05) is 19.6 Å². The van der Waals surface area contributed by atoms with Gasteiger partial charge >= 0.3 is 6.03 Å². The second kappa shape index (κ2) is 9.91. The lowest BCUT2D eigenvalue weighted by Crippen LogP contribution is -2.37. The number of hydrogen-bond acceptors (Lipinski definition) is 5. The molecule has 0 radical (unpaired) electrons. The molecule has 0 bridgehead atoms. The topological polar surface area (TPSA) is 99.8 Å². The number of urea groups is 1. The summed E-state index contributed by atoms with van der Waals surface area (Å²) in [5.74, 6) is 0.860. The Morgan fingerprint density at radius 1 is 1.26 bits per heavy atom. The van der Waals surface area contributed by atoms with Crippen LogP contribution in [0.25, 0.3) is 0 Å². The summed E-state index contributed by atoms with van der Waals surface area (Å²) in [6, 6.07) is 4.12. The van der Waals surface area contributed by atoms with Crippen molar-refractivity contribution in [3.8, 4) is 5.75 Å². The molecule has 0 atom stereocenters. The normalized spacial score (nSPS) is 15.6. The Morgan fingerprint density at radius 3 is 2.52 bits per heavy atom. The van der Waals surface area contributed by atoms with Gasteiger partial charge in [0.25, 0.3) is 0 Å². The van der Waals surface area contributed by atoms with Crippen molar-refractivity contribution in [1.82, 2.24) is 14.9 Å². The molecule has 0 unspecified atom stereocenters. The van der Waals surface area contributed by atoms with Crippen molar-refractivity contribution in [1.29, 1.82) is 0 Å². The Balaban J connectivity index is 2.11. The number of piperidine rings is 1. The van der Waals surface area contributed by atoms with E-state index in [0.29, 0.717) is 37.0 Å². The third-order valence-electron chi connectivity index (χ3n) is 4.77. The molecule has 0 aromatic heterocycles. The maximum absolute atomic E-state index is 12.7. The molecular formula is C18H30N4O4S. The number of hydrogen-bond donors (Lipinski definition) is 3. The Labute approximate surface area is 161 Å². The first kappa shape index (κ1) is 21.5. The van der Waals surface area contributed by atoms with Crippen molar-refractivity contribution in [2.24, 2.45) is 5.92 Å². The van der Waals surface area contributed by atoms with Crippen LogP contribution in [0, 0.1) is 5.92 Å². The predicted octanol–water partition coefficient (Wildman–Crippen LogP) is 1.85. The number of carbonyl (C=O) groups excluding carboxylic acids is 1. The van der Waals surface area contributed by atoms with Crippen molar-refractivity contribution in [3.05, 3.63) is 18.2 Å². The lowest BCUT2D eigenvalue weighted by molar-refractivity contribution is 0.248. The second-order valence-electron chi connectivity index (χ2n) is 6.48. The SMILES string of the molecule is CCN(CC)S(=O)(=O)c1ccc(OC)c(NC(=O)NCC2CCNCC2)c1. The largest absolute Gasteiger partial charge is 0.495 e. The first-order chi connectivity index (χ1) is 12.9. The van der Waals surface area contributed by atoms with Crippen LogP contribution in [-0.2, 0) is 10.0 Å². The smallest absolute Gasteiger partial charge is 0.319 e. The molecule has 3 N–H and O–H groups in total. The van der Waals surface area contributed by atoms with E-state index in [0.717, 1.165) is 25.9 Å². The molecule has 27 heavy (non-hydrogen) atoms. The van der Waals surface area contributed by atoms with Crippen LogP contribution in [0.2, 0.25) is 0 Å². The standard InChI is InChI=1S/C18H30N4O4S/c1-4-22(5-2)27(24,25)15-6-7-17(26-3)16(12-15)21-18(23)20-13-14-8-10-19-11-9-14/h6-7,12,14,19H,4-5,8-11,13H2,1-3H3,(H2,20,21,23). The third-order valence-corrected chi connectivity index (χ3v) is 6.82. The molecule has 1 aliphatic rings. The summed E-state index contributed by atoms with van der Waals surface area (Å²) in [6.07, 6.45) is 2.06. The molecule has 2 amide bonds. The predicted molar refractivity (Wildman–Crippen MR) is 106 cm³/mol. The molecule has 0 saturated carbocycles. The Morgan fingerprint density at radius 2 is 1.93 bits per heavy atom. The van der Waals surface area contributed by atoms with Gasteiger partial charge in [0.05, 0.1) is 17.7 Å². The third kappa shape index (κ3) is 5.57. The number of nitrogens with zero attached hydrogens (tertiary/aromatic N) is 1. The highest BCUT2D eigenvalue weighted by atomic mass is 32.2. The van der Waals surface area contributed by atoms with Crippen LogP contribution in [0.5, 0.6) is 5.75 Å². The Kier molecular flexibility index (Phi) is 7.88. The van der Waals surface area contributed by atoms with Crippen molar-refractivity contribution in [3.63, 3.8) is 0 Å². The van der Waals surface area contributed by atoms with E-state index in [1.165, 1.54) is 23.5 Å². The van der Waals surface area contributed by atoms with Gasteiger partial charge in [0.15, 0.2) is 0 Å². The van der Waals surface area contributed by atoms with Crippen molar-refractivity contribution in [2.45, 2.75) is 31.6 Å². The van der Waals surface area contributed by atoms with E-state index >= 15 is 0 Å². The monoisotopic (exact) mass is 398 g/mol. The molecule has 1 aromatic rings. The fourth-order valence-electron chi connectivity index (χ4n) is 3.15. The summed E-state index contributed by atoms with van der Waals surface area (Å²) in [4.78, 5) is 12.4. The number of methoxy groups -OCH3 is 1. The van der Waals surface area contributed by atoms with Crippen LogP contribution in [0.4, 0.5) is 10.5 Å². The van der Waals surface area contributed by atoms with E-state index < -0.39 is 10.0 Å². The van der Waals surface area contributed by atoms with E-state index in [1.54, 1.807) is 19.9 Å². The molecule has 1 fully saturated rings. The maximum Gasteiger partial charge on any atom is 0.319 e. The molecule has 9 heteroatoms. The van der Waals surface area contributed by atoms with Crippen molar-refractivity contribution < 1.29 is 17.9 Å². The summed E-state index contributed by atoms with van der Waals surface area (Å²) in [5.41, 5.74) is 0.327.